The largest absolute Gasteiger partial charge is 0.453 e. The third-order valence-electron chi connectivity index (χ3n) is 3.45. The minimum absolute atomic E-state index is 0.206. The van der Waals surface area contributed by atoms with Crippen LogP contribution in [0.1, 0.15) is 12.0 Å². The predicted molar refractivity (Wildman–Crippen MR) is 70.5 cm³/mol. The van der Waals surface area contributed by atoms with Gasteiger partial charge in [0.1, 0.15) is 12.0 Å². The van der Waals surface area contributed by atoms with Crippen molar-refractivity contribution in [2.45, 2.75) is 25.2 Å². The molecule has 0 saturated carbocycles. The van der Waals surface area contributed by atoms with Crippen LogP contribution in [0.2, 0.25) is 0 Å². The maximum Gasteiger partial charge on any atom is 0.410 e. The highest BCUT2D eigenvalue weighted by atomic mass is 19.1. The van der Waals surface area contributed by atoms with Gasteiger partial charge in [0, 0.05) is 13.1 Å². The van der Waals surface area contributed by atoms with Crippen molar-refractivity contribution in [1.29, 1.82) is 0 Å². The van der Waals surface area contributed by atoms with E-state index in [9.17, 15) is 13.6 Å². The number of hydrogen-bond donors (Lipinski definition) is 1. The molecule has 1 amide bonds. The van der Waals surface area contributed by atoms with Gasteiger partial charge in [0.25, 0.3) is 0 Å². The van der Waals surface area contributed by atoms with Crippen LogP contribution in [0.4, 0.5) is 13.6 Å². The van der Waals surface area contributed by atoms with Crippen LogP contribution in [0.5, 0.6) is 0 Å². The van der Waals surface area contributed by atoms with Crippen molar-refractivity contribution in [3.8, 4) is 0 Å². The number of halogens is 2. The van der Waals surface area contributed by atoms with Crippen molar-refractivity contribution in [1.82, 2.24) is 10.2 Å². The standard InChI is InChI=1S/C14H18F2N2O2/c1-20-14(19)18(13-6-7-17-8-12(13)16)9-10-2-4-11(15)5-3-10/h2-5,12-13,17H,6-9H2,1H3/t12-,13+/m1/s1. The zero-order chi connectivity index (χ0) is 14.5. The van der Waals surface area contributed by atoms with Crippen LogP contribution in [0.15, 0.2) is 24.3 Å². The Hall–Kier alpha value is -1.69. The summed E-state index contributed by atoms with van der Waals surface area (Å²) in [7, 11) is 1.27. The molecule has 1 aromatic rings. The Labute approximate surface area is 116 Å². The number of amides is 1. The number of carbonyl (C=O) groups excluding carboxylic acids is 1. The Bertz CT molecular complexity index is 453. The normalized spacial score (nSPS) is 22.4. The summed E-state index contributed by atoms with van der Waals surface area (Å²) >= 11 is 0. The highest BCUT2D eigenvalue weighted by Crippen LogP contribution is 2.19. The van der Waals surface area contributed by atoms with Crippen molar-refractivity contribution < 1.29 is 18.3 Å². The fraction of sp³-hybridized carbons (Fsp3) is 0.500. The lowest BCUT2D eigenvalue weighted by Crippen LogP contribution is -2.52. The van der Waals surface area contributed by atoms with E-state index < -0.39 is 18.3 Å². The second-order valence-corrected chi connectivity index (χ2v) is 4.80. The zero-order valence-corrected chi connectivity index (χ0v) is 11.3. The summed E-state index contributed by atoms with van der Waals surface area (Å²) in [5.74, 6) is -0.344. The van der Waals surface area contributed by atoms with Crippen molar-refractivity contribution >= 4 is 6.09 Å². The molecule has 1 heterocycles. The number of alkyl halides is 1. The van der Waals surface area contributed by atoms with Gasteiger partial charge < -0.3 is 10.1 Å². The Kier molecular flexibility index (Phi) is 4.89. The summed E-state index contributed by atoms with van der Waals surface area (Å²) in [6, 6.07) is 5.29. The fourth-order valence-corrected chi connectivity index (χ4v) is 2.38. The molecule has 2 atom stereocenters. The molecule has 6 heteroatoms. The molecule has 0 aromatic heterocycles. The lowest BCUT2D eigenvalue weighted by molar-refractivity contribution is 0.0590. The lowest BCUT2D eigenvalue weighted by Gasteiger charge is -2.35. The van der Waals surface area contributed by atoms with E-state index in [2.05, 4.69) is 5.32 Å². The van der Waals surface area contributed by atoms with Crippen LogP contribution in [0.3, 0.4) is 0 Å². The molecule has 1 aromatic carbocycles. The first-order chi connectivity index (χ1) is 9.61. The maximum atomic E-state index is 14.0. The number of methoxy groups -OCH3 is 1. The number of benzene rings is 1. The number of ether oxygens (including phenoxy) is 1. The monoisotopic (exact) mass is 284 g/mol. The number of hydrogen-bond acceptors (Lipinski definition) is 3. The molecule has 1 aliphatic heterocycles. The highest BCUT2D eigenvalue weighted by molar-refractivity contribution is 5.68. The zero-order valence-electron chi connectivity index (χ0n) is 11.3. The van der Waals surface area contributed by atoms with Gasteiger partial charge in [-0.15, -0.1) is 0 Å². The number of piperidine rings is 1. The average Bonchev–Trinajstić information content (AvgIpc) is 2.47. The average molecular weight is 284 g/mol. The van der Waals surface area contributed by atoms with Gasteiger partial charge in [0.05, 0.1) is 13.2 Å². The van der Waals surface area contributed by atoms with E-state index in [0.29, 0.717) is 13.0 Å². The fourth-order valence-electron chi connectivity index (χ4n) is 2.38. The second kappa shape index (κ2) is 6.65. The molecule has 2 rings (SSSR count). The number of nitrogens with zero attached hydrogens (tertiary/aromatic N) is 1. The molecular weight excluding hydrogens is 266 g/mol. The summed E-state index contributed by atoms with van der Waals surface area (Å²) in [5.41, 5.74) is 0.738. The first-order valence-corrected chi connectivity index (χ1v) is 6.55. The van der Waals surface area contributed by atoms with Crippen LogP contribution in [0, 0.1) is 5.82 Å². The third-order valence-corrected chi connectivity index (χ3v) is 3.45. The van der Waals surface area contributed by atoms with Crippen LogP contribution < -0.4 is 5.32 Å². The Balaban J connectivity index is 2.14. The predicted octanol–water partition coefficient (Wildman–Crippen LogP) is 2.09. The van der Waals surface area contributed by atoms with E-state index in [4.69, 9.17) is 4.74 Å². The van der Waals surface area contributed by atoms with Gasteiger partial charge >= 0.3 is 6.09 Å². The minimum atomic E-state index is -1.14. The van der Waals surface area contributed by atoms with Crippen LogP contribution in [0.25, 0.3) is 0 Å². The topological polar surface area (TPSA) is 41.6 Å². The lowest BCUT2D eigenvalue weighted by atomic mass is 10.0. The molecular formula is C14H18F2N2O2. The quantitative estimate of drug-likeness (QED) is 0.924. The van der Waals surface area contributed by atoms with E-state index >= 15 is 0 Å². The summed E-state index contributed by atoms with van der Waals surface area (Å²) in [4.78, 5) is 13.2. The van der Waals surface area contributed by atoms with Crippen molar-refractivity contribution in [2.75, 3.05) is 20.2 Å². The van der Waals surface area contributed by atoms with Gasteiger partial charge in [-0.05, 0) is 30.7 Å². The van der Waals surface area contributed by atoms with Crippen LogP contribution >= 0.6 is 0 Å². The second-order valence-electron chi connectivity index (χ2n) is 4.80. The maximum absolute atomic E-state index is 14.0. The third kappa shape index (κ3) is 3.45. The molecule has 0 radical (unpaired) electrons. The van der Waals surface area contributed by atoms with E-state index in [1.165, 1.54) is 24.1 Å². The van der Waals surface area contributed by atoms with Crippen molar-refractivity contribution in [3.05, 3.63) is 35.6 Å². The summed E-state index contributed by atoms with van der Waals surface area (Å²) in [6.45, 7) is 1.08. The molecule has 0 bridgehead atoms. The number of rotatable bonds is 3. The van der Waals surface area contributed by atoms with Crippen molar-refractivity contribution in [3.63, 3.8) is 0 Å². The SMILES string of the molecule is COC(=O)N(Cc1ccc(F)cc1)[C@H]1CCNC[C@H]1F. The van der Waals surface area contributed by atoms with E-state index in [-0.39, 0.29) is 18.9 Å². The Morgan fingerprint density at radius 1 is 1.45 bits per heavy atom. The summed E-state index contributed by atoms with van der Waals surface area (Å²) in [6.07, 6.45) is -1.18. The van der Waals surface area contributed by atoms with Gasteiger partial charge in [0.2, 0.25) is 0 Å². The van der Waals surface area contributed by atoms with Gasteiger partial charge in [0.15, 0.2) is 0 Å². The Morgan fingerprint density at radius 2 is 2.15 bits per heavy atom. The molecule has 1 fully saturated rings. The van der Waals surface area contributed by atoms with E-state index in [0.717, 1.165) is 5.56 Å². The van der Waals surface area contributed by atoms with E-state index in [1.807, 2.05) is 0 Å². The number of nitrogens with one attached hydrogen (secondary N) is 1. The smallest absolute Gasteiger partial charge is 0.410 e. The highest BCUT2D eigenvalue weighted by Gasteiger charge is 2.33. The van der Waals surface area contributed by atoms with Crippen molar-refractivity contribution in [2.24, 2.45) is 0 Å². The molecule has 1 N–H and O–H groups in total. The van der Waals surface area contributed by atoms with E-state index in [1.54, 1.807) is 12.1 Å². The van der Waals surface area contributed by atoms with Crippen LogP contribution in [-0.2, 0) is 11.3 Å². The summed E-state index contributed by atoms with van der Waals surface area (Å²) in [5, 5.41) is 2.94. The van der Waals surface area contributed by atoms with Gasteiger partial charge in [-0.25, -0.2) is 13.6 Å². The molecule has 0 spiro atoms. The van der Waals surface area contributed by atoms with Gasteiger partial charge in [-0.2, -0.15) is 0 Å². The molecule has 1 saturated heterocycles. The summed E-state index contributed by atoms with van der Waals surface area (Å²) < 4.78 is 31.6. The van der Waals surface area contributed by atoms with Crippen LogP contribution in [-0.4, -0.2) is 43.4 Å². The molecule has 0 unspecified atom stereocenters. The minimum Gasteiger partial charge on any atom is -0.453 e. The molecule has 4 nitrogen and oxygen atoms in total. The van der Waals surface area contributed by atoms with Gasteiger partial charge in [-0.1, -0.05) is 12.1 Å². The molecule has 0 aliphatic carbocycles. The van der Waals surface area contributed by atoms with Gasteiger partial charge in [-0.3, -0.25) is 4.90 Å². The molecule has 20 heavy (non-hydrogen) atoms. The molecule has 1 aliphatic rings. The number of carbonyl (C=O) groups is 1. The molecule has 110 valence electrons. The Morgan fingerprint density at radius 3 is 2.75 bits per heavy atom. The first kappa shape index (κ1) is 14.7. The first-order valence-electron chi connectivity index (χ1n) is 6.55.